The summed E-state index contributed by atoms with van der Waals surface area (Å²) in [6.07, 6.45) is 4.77. The Labute approximate surface area is 174 Å². The smallest absolute Gasteiger partial charge is 0.232 e. The summed E-state index contributed by atoms with van der Waals surface area (Å²) < 4.78 is 26.2. The minimum absolute atomic E-state index is 0.0263. The highest BCUT2D eigenvalue weighted by molar-refractivity contribution is 7.92. The lowest BCUT2D eigenvalue weighted by Crippen LogP contribution is -2.46. The van der Waals surface area contributed by atoms with Crippen molar-refractivity contribution in [1.29, 1.82) is 0 Å². The molecule has 0 spiro atoms. The van der Waals surface area contributed by atoms with Crippen LogP contribution in [0, 0.1) is 0 Å². The van der Waals surface area contributed by atoms with Gasteiger partial charge in [-0.05, 0) is 49.9 Å². The fourth-order valence-electron chi connectivity index (χ4n) is 4.07. The van der Waals surface area contributed by atoms with Gasteiger partial charge in [-0.3, -0.25) is 9.52 Å². The lowest BCUT2D eigenvalue weighted by Gasteiger charge is -2.37. The van der Waals surface area contributed by atoms with Crippen molar-refractivity contribution >= 4 is 21.6 Å². The van der Waals surface area contributed by atoms with Gasteiger partial charge in [0, 0.05) is 5.69 Å². The molecule has 1 saturated carbocycles. The number of benzene rings is 2. The van der Waals surface area contributed by atoms with E-state index in [1.165, 1.54) is 0 Å². The number of amides is 1. The van der Waals surface area contributed by atoms with Crippen LogP contribution in [0.2, 0.25) is 0 Å². The summed E-state index contributed by atoms with van der Waals surface area (Å²) in [5.74, 6) is 0.0776. The Kier molecular flexibility index (Phi) is 6.63. The molecule has 3 rings (SSSR count). The number of hydrogen-bond donors (Lipinski definition) is 2. The summed E-state index contributed by atoms with van der Waals surface area (Å²) in [6, 6.07) is 17.2. The largest absolute Gasteiger partial charge is 0.349 e. The van der Waals surface area contributed by atoms with Gasteiger partial charge in [-0.2, -0.15) is 0 Å². The normalized spacial score (nSPS) is 17.3. The standard InChI is InChI=1S/C23H30N2O3S/c1-3-29(27,28)25-21-14-12-20(13-15-21)23(16-8-5-9-17-23)22(26)24-18(2)19-10-6-4-7-11-19/h4,6-7,10-15,18,25H,3,5,8-9,16-17H2,1-2H3,(H,24,26)/t18-/m1/s1. The molecule has 0 aliphatic heterocycles. The zero-order valence-electron chi connectivity index (χ0n) is 17.1. The lowest BCUT2D eigenvalue weighted by molar-refractivity contribution is -0.128. The van der Waals surface area contributed by atoms with Crippen molar-refractivity contribution in [2.24, 2.45) is 0 Å². The highest BCUT2D eigenvalue weighted by Crippen LogP contribution is 2.40. The molecule has 0 saturated heterocycles. The van der Waals surface area contributed by atoms with E-state index < -0.39 is 15.4 Å². The van der Waals surface area contributed by atoms with Crippen molar-refractivity contribution in [3.63, 3.8) is 0 Å². The van der Waals surface area contributed by atoms with Crippen LogP contribution in [0.1, 0.15) is 63.1 Å². The molecule has 1 amide bonds. The molecule has 1 aliphatic carbocycles. The van der Waals surface area contributed by atoms with Gasteiger partial charge in [-0.15, -0.1) is 0 Å². The molecule has 0 unspecified atom stereocenters. The Morgan fingerprint density at radius 3 is 2.21 bits per heavy atom. The maximum Gasteiger partial charge on any atom is 0.232 e. The van der Waals surface area contributed by atoms with Crippen LogP contribution >= 0.6 is 0 Å². The molecule has 0 heterocycles. The lowest BCUT2D eigenvalue weighted by atomic mass is 9.68. The highest BCUT2D eigenvalue weighted by Gasteiger charge is 2.41. The Morgan fingerprint density at radius 1 is 1.00 bits per heavy atom. The summed E-state index contributed by atoms with van der Waals surface area (Å²) in [5.41, 5.74) is 1.99. The van der Waals surface area contributed by atoms with Gasteiger partial charge in [0.1, 0.15) is 0 Å². The molecule has 0 bridgehead atoms. The Bertz CT molecular complexity index is 918. The van der Waals surface area contributed by atoms with Crippen LogP contribution in [0.25, 0.3) is 0 Å². The quantitative estimate of drug-likeness (QED) is 0.699. The van der Waals surface area contributed by atoms with Gasteiger partial charge in [0.25, 0.3) is 0 Å². The molecule has 156 valence electrons. The predicted octanol–water partition coefficient (Wildman–Crippen LogP) is 4.53. The molecule has 6 heteroatoms. The number of rotatable bonds is 7. The summed E-state index contributed by atoms with van der Waals surface area (Å²) >= 11 is 0. The van der Waals surface area contributed by atoms with Gasteiger partial charge in [-0.1, -0.05) is 61.7 Å². The van der Waals surface area contributed by atoms with E-state index in [1.54, 1.807) is 19.1 Å². The first-order valence-electron chi connectivity index (χ1n) is 10.3. The van der Waals surface area contributed by atoms with Crippen molar-refractivity contribution in [3.05, 3.63) is 65.7 Å². The number of anilines is 1. The van der Waals surface area contributed by atoms with Crippen molar-refractivity contribution in [3.8, 4) is 0 Å². The van der Waals surface area contributed by atoms with Crippen LogP contribution in [0.4, 0.5) is 5.69 Å². The van der Waals surface area contributed by atoms with Gasteiger partial charge in [-0.25, -0.2) is 8.42 Å². The van der Waals surface area contributed by atoms with Crippen LogP contribution < -0.4 is 10.0 Å². The van der Waals surface area contributed by atoms with Gasteiger partial charge in [0.05, 0.1) is 17.2 Å². The van der Waals surface area contributed by atoms with Crippen LogP contribution in [-0.4, -0.2) is 20.1 Å². The summed E-state index contributed by atoms with van der Waals surface area (Å²) in [6.45, 7) is 3.61. The maximum atomic E-state index is 13.4. The van der Waals surface area contributed by atoms with Crippen molar-refractivity contribution in [1.82, 2.24) is 5.32 Å². The van der Waals surface area contributed by atoms with Crippen LogP contribution in [0.5, 0.6) is 0 Å². The molecule has 2 aromatic carbocycles. The Morgan fingerprint density at radius 2 is 1.62 bits per heavy atom. The third-order valence-corrected chi connectivity index (χ3v) is 7.19. The molecule has 29 heavy (non-hydrogen) atoms. The van der Waals surface area contributed by atoms with Crippen molar-refractivity contribution < 1.29 is 13.2 Å². The monoisotopic (exact) mass is 414 g/mol. The van der Waals surface area contributed by atoms with E-state index in [-0.39, 0.29) is 17.7 Å². The Hall–Kier alpha value is -2.34. The first-order valence-corrected chi connectivity index (χ1v) is 12.0. The summed E-state index contributed by atoms with van der Waals surface area (Å²) in [5, 5.41) is 3.22. The number of carbonyl (C=O) groups excluding carboxylic acids is 1. The first kappa shape index (κ1) is 21.4. The average molecular weight is 415 g/mol. The zero-order chi connectivity index (χ0) is 20.9. The van der Waals surface area contributed by atoms with Crippen LogP contribution in [0.3, 0.4) is 0 Å². The zero-order valence-corrected chi connectivity index (χ0v) is 18.0. The molecule has 1 atom stereocenters. The minimum atomic E-state index is -3.32. The molecule has 5 nitrogen and oxygen atoms in total. The fourth-order valence-corrected chi connectivity index (χ4v) is 4.71. The molecule has 0 aromatic heterocycles. The van der Waals surface area contributed by atoms with E-state index in [0.29, 0.717) is 5.69 Å². The maximum absolute atomic E-state index is 13.4. The number of sulfonamides is 1. The first-order chi connectivity index (χ1) is 13.9. The summed E-state index contributed by atoms with van der Waals surface area (Å²) in [7, 11) is -3.32. The average Bonchev–Trinajstić information content (AvgIpc) is 2.75. The second-order valence-corrected chi connectivity index (χ2v) is 9.84. The molecule has 1 aliphatic rings. The third kappa shape index (κ3) is 4.99. The molecule has 2 aromatic rings. The summed E-state index contributed by atoms with van der Waals surface area (Å²) in [4.78, 5) is 13.4. The third-order valence-electron chi connectivity index (χ3n) is 5.88. The van der Waals surface area contributed by atoms with Crippen LogP contribution in [-0.2, 0) is 20.2 Å². The molecule has 2 N–H and O–H groups in total. The van der Waals surface area contributed by atoms with E-state index in [1.807, 2.05) is 49.4 Å². The van der Waals surface area contributed by atoms with E-state index in [2.05, 4.69) is 10.0 Å². The van der Waals surface area contributed by atoms with E-state index in [9.17, 15) is 13.2 Å². The van der Waals surface area contributed by atoms with Crippen molar-refractivity contribution in [2.45, 2.75) is 57.4 Å². The van der Waals surface area contributed by atoms with Gasteiger partial charge in [0.2, 0.25) is 15.9 Å². The van der Waals surface area contributed by atoms with Gasteiger partial charge in [0.15, 0.2) is 0 Å². The second-order valence-electron chi connectivity index (χ2n) is 7.83. The number of carbonyl (C=O) groups is 1. The van der Waals surface area contributed by atoms with E-state index in [4.69, 9.17) is 0 Å². The second kappa shape index (κ2) is 8.99. The number of hydrogen-bond acceptors (Lipinski definition) is 3. The van der Waals surface area contributed by atoms with Gasteiger partial charge < -0.3 is 5.32 Å². The molecule has 1 fully saturated rings. The SMILES string of the molecule is CCS(=O)(=O)Nc1ccc(C2(C(=O)N[C@H](C)c3ccccc3)CCCCC2)cc1. The molecular formula is C23H30N2O3S. The van der Waals surface area contributed by atoms with Crippen LogP contribution in [0.15, 0.2) is 54.6 Å². The predicted molar refractivity (Wildman–Crippen MR) is 117 cm³/mol. The highest BCUT2D eigenvalue weighted by atomic mass is 32.2. The van der Waals surface area contributed by atoms with E-state index >= 15 is 0 Å². The van der Waals surface area contributed by atoms with Gasteiger partial charge >= 0.3 is 0 Å². The topological polar surface area (TPSA) is 75.3 Å². The van der Waals surface area contributed by atoms with Crippen molar-refractivity contribution in [2.75, 3.05) is 10.5 Å². The van der Waals surface area contributed by atoms with E-state index in [0.717, 1.165) is 43.2 Å². The fraction of sp³-hybridized carbons (Fsp3) is 0.435. The minimum Gasteiger partial charge on any atom is -0.349 e. The Balaban J connectivity index is 1.83. The molecular weight excluding hydrogens is 384 g/mol. The number of nitrogens with one attached hydrogen (secondary N) is 2. The molecule has 0 radical (unpaired) electrons.